The van der Waals surface area contributed by atoms with Crippen molar-refractivity contribution in [2.45, 2.75) is 12.8 Å². The predicted octanol–water partition coefficient (Wildman–Crippen LogP) is 3.51. The molecule has 24 heavy (non-hydrogen) atoms. The van der Waals surface area contributed by atoms with Gasteiger partial charge in [0.15, 0.2) is 0 Å². The van der Waals surface area contributed by atoms with Gasteiger partial charge in [-0.1, -0.05) is 6.07 Å². The summed E-state index contributed by atoms with van der Waals surface area (Å²) in [6, 6.07) is 14.3. The first-order chi connectivity index (χ1) is 11.7. The van der Waals surface area contributed by atoms with Gasteiger partial charge < -0.3 is 14.5 Å². The van der Waals surface area contributed by atoms with Crippen LogP contribution in [0.1, 0.15) is 23.2 Å². The van der Waals surface area contributed by atoms with Crippen molar-refractivity contribution < 1.29 is 14.3 Å². The van der Waals surface area contributed by atoms with Crippen LogP contribution in [-0.4, -0.2) is 16.3 Å². The number of pyridine rings is 1. The number of carbonyl (C=O) groups excluding carboxylic acids is 2. The lowest BCUT2D eigenvalue weighted by Gasteiger charge is -2.06. The van der Waals surface area contributed by atoms with E-state index in [2.05, 4.69) is 5.32 Å². The molecule has 1 N–H and O–H groups in total. The number of ether oxygens (including phenoxy) is 1. The minimum Gasteiger partial charge on any atom is -0.423 e. The largest absolute Gasteiger partial charge is 0.423 e. The number of aromatic nitrogens is 1. The fourth-order valence-corrected chi connectivity index (χ4v) is 2.53. The van der Waals surface area contributed by atoms with Crippen molar-refractivity contribution in [1.29, 1.82) is 0 Å². The van der Waals surface area contributed by atoms with Crippen molar-refractivity contribution in [2.75, 3.05) is 5.32 Å². The molecule has 0 aliphatic heterocycles. The standard InChI is InChI=1S/C19H16N2O3/c22-18(13-4-5-13)20-15-6-8-17(9-7-15)24-19(23)14-11-16-3-1-2-10-21(16)12-14/h1-3,6-13H,4-5H2,(H,20,22). The number of benzene rings is 1. The first kappa shape index (κ1) is 14.5. The Labute approximate surface area is 138 Å². The van der Waals surface area contributed by atoms with Gasteiger partial charge >= 0.3 is 5.97 Å². The average Bonchev–Trinajstić information content (AvgIpc) is 3.35. The summed E-state index contributed by atoms with van der Waals surface area (Å²) >= 11 is 0. The van der Waals surface area contributed by atoms with Crippen molar-refractivity contribution in [2.24, 2.45) is 5.92 Å². The molecule has 0 spiro atoms. The molecule has 0 unspecified atom stereocenters. The van der Waals surface area contributed by atoms with E-state index in [0.29, 0.717) is 17.0 Å². The highest BCUT2D eigenvalue weighted by atomic mass is 16.5. The van der Waals surface area contributed by atoms with E-state index in [1.54, 1.807) is 36.5 Å². The van der Waals surface area contributed by atoms with Crippen LogP contribution < -0.4 is 10.1 Å². The highest BCUT2D eigenvalue weighted by Crippen LogP contribution is 2.30. The lowest BCUT2D eigenvalue weighted by molar-refractivity contribution is -0.117. The molecule has 3 aromatic rings. The van der Waals surface area contributed by atoms with Crippen LogP contribution >= 0.6 is 0 Å². The smallest absolute Gasteiger partial charge is 0.345 e. The topological polar surface area (TPSA) is 59.8 Å². The molecule has 1 aliphatic rings. The van der Waals surface area contributed by atoms with Gasteiger partial charge in [0.2, 0.25) is 5.91 Å². The quantitative estimate of drug-likeness (QED) is 0.591. The van der Waals surface area contributed by atoms with E-state index in [1.807, 2.05) is 28.8 Å². The number of amides is 1. The van der Waals surface area contributed by atoms with Crippen LogP contribution in [-0.2, 0) is 4.79 Å². The first-order valence-electron chi connectivity index (χ1n) is 7.89. The Kier molecular flexibility index (Phi) is 3.54. The molecular formula is C19H16N2O3. The molecule has 120 valence electrons. The number of nitrogens with one attached hydrogen (secondary N) is 1. The summed E-state index contributed by atoms with van der Waals surface area (Å²) in [5, 5.41) is 2.85. The number of esters is 1. The van der Waals surface area contributed by atoms with Gasteiger partial charge in [-0.3, -0.25) is 4.79 Å². The first-order valence-corrected chi connectivity index (χ1v) is 7.89. The molecule has 5 heteroatoms. The summed E-state index contributed by atoms with van der Waals surface area (Å²) in [6.07, 6.45) is 5.55. The van der Waals surface area contributed by atoms with Gasteiger partial charge in [-0.2, -0.15) is 0 Å². The molecule has 1 amide bonds. The van der Waals surface area contributed by atoms with Crippen molar-refractivity contribution in [3.8, 4) is 5.75 Å². The number of hydrogen-bond acceptors (Lipinski definition) is 3. The van der Waals surface area contributed by atoms with E-state index in [1.165, 1.54) is 0 Å². The monoisotopic (exact) mass is 320 g/mol. The maximum Gasteiger partial charge on any atom is 0.345 e. The summed E-state index contributed by atoms with van der Waals surface area (Å²) in [4.78, 5) is 23.9. The third kappa shape index (κ3) is 3.01. The van der Waals surface area contributed by atoms with Crippen LogP contribution in [0.3, 0.4) is 0 Å². The second kappa shape index (κ2) is 5.85. The van der Waals surface area contributed by atoms with Crippen LogP contribution in [0.2, 0.25) is 0 Å². The van der Waals surface area contributed by atoms with Crippen LogP contribution in [0.4, 0.5) is 5.69 Å². The summed E-state index contributed by atoms with van der Waals surface area (Å²) in [5.41, 5.74) is 2.14. The highest BCUT2D eigenvalue weighted by molar-refractivity contribution is 5.94. The molecule has 1 aromatic carbocycles. The summed E-state index contributed by atoms with van der Waals surface area (Å²) in [5.74, 6) is 0.250. The van der Waals surface area contributed by atoms with Crippen LogP contribution in [0.25, 0.3) is 5.52 Å². The second-order valence-electron chi connectivity index (χ2n) is 5.94. The molecule has 0 bridgehead atoms. The highest BCUT2D eigenvalue weighted by Gasteiger charge is 2.29. The minimum absolute atomic E-state index is 0.0558. The Hall–Kier alpha value is -3.08. The summed E-state index contributed by atoms with van der Waals surface area (Å²) in [7, 11) is 0. The normalized spacial score (nSPS) is 13.7. The van der Waals surface area contributed by atoms with Crippen molar-refractivity contribution in [3.63, 3.8) is 0 Å². The van der Waals surface area contributed by atoms with Gasteiger partial charge in [-0.05, 0) is 55.3 Å². The van der Waals surface area contributed by atoms with Crippen LogP contribution in [0.5, 0.6) is 5.75 Å². The molecule has 0 saturated heterocycles. The van der Waals surface area contributed by atoms with Gasteiger partial charge in [0.1, 0.15) is 5.75 Å². The Morgan fingerprint density at radius 3 is 2.58 bits per heavy atom. The van der Waals surface area contributed by atoms with E-state index in [4.69, 9.17) is 4.74 Å². The Morgan fingerprint density at radius 2 is 1.88 bits per heavy atom. The molecule has 1 fully saturated rings. The number of anilines is 1. The van der Waals surface area contributed by atoms with Gasteiger partial charge in [0, 0.05) is 29.5 Å². The fraction of sp³-hybridized carbons (Fsp3) is 0.158. The number of hydrogen-bond donors (Lipinski definition) is 1. The van der Waals surface area contributed by atoms with E-state index in [0.717, 1.165) is 18.4 Å². The van der Waals surface area contributed by atoms with Crippen molar-refractivity contribution in [1.82, 2.24) is 4.40 Å². The molecule has 4 rings (SSSR count). The third-order valence-electron chi connectivity index (χ3n) is 4.02. The Bertz CT molecular complexity index is 875. The predicted molar refractivity (Wildman–Crippen MR) is 90.2 cm³/mol. The fourth-order valence-electron chi connectivity index (χ4n) is 2.53. The van der Waals surface area contributed by atoms with Crippen molar-refractivity contribution in [3.05, 3.63) is 66.5 Å². The number of fused-ring (bicyclic) bond motifs is 1. The maximum absolute atomic E-state index is 12.2. The second-order valence-corrected chi connectivity index (χ2v) is 5.94. The maximum atomic E-state index is 12.2. The zero-order chi connectivity index (χ0) is 16.5. The SMILES string of the molecule is O=C(Oc1ccc(NC(=O)C2CC2)cc1)c1cc2ccccn2c1. The number of nitrogens with zero attached hydrogens (tertiary/aromatic N) is 1. The van der Waals surface area contributed by atoms with Gasteiger partial charge in [0.05, 0.1) is 5.56 Å². The van der Waals surface area contributed by atoms with E-state index >= 15 is 0 Å². The van der Waals surface area contributed by atoms with Crippen LogP contribution in [0, 0.1) is 5.92 Å². The number of carbonyl (C=O) groups is 2. The molecule has 0 atom stereocenters. The molecule has 5 nitrogen and oxygen atoms in total. The molecule has 1 aliphatic carbocycles. The van der Waals surface area contributed by atoms with E-state index in [-0.39, 0.29) is 11.8 Å². The molecule has 1 saturated carbocycles. The van der Waals surface area contributed by atoms with Crippen LogP contribution in [0.15, 0.2) is 60.9 Å². The third-order valence-corrected chi connectivity index (χ3v) is 4.02. The van der Waals surface area contributed by atoms with Gasteiger partial charge in [0.25, 0.3) is 0 Å². The molecular weight excluding hydrogens is 304 g/mol. The zero-order valence-electron chi connectivity index (χ0n) is 12.9. The van der Waals surface area contributed by atoms with E-state index < -0.39 is 5.97 Å². The van der Waals surface area contributed by atoms with Gasteiger partial charge in [-0.15, -0.1) is 0 Å². The zero-order valence-corrected chi connectivity index (χ0v) is 12.9. The summed E-state index contributed by atoms with van der Waals surface area (Å²) < 4.78 is 7.25. The summed E-state index contributed by atoms with van der Waals surface area (Å²) in [6.45, 7) is 0. The minimum atomic E-state index is -0.409. The number of rotatable bonds is 4. The average molecular weight is 320 g/mol. The Morgan fingerprint density at radius 1 is 1.08 bits per heavy atom. The van der Waals surface area contributed by atoms with Gasteiger partial charge in [-0.25, -0.2) is 4.79 Å². The Balaban J connectivity index is 1.44. The lowest BCUT2D eigenvalue weighted by Crippen LogP contribution is -2.13. The molecule has 2 aromatic heterocycles. The lowest BCUT2D eigenvalue weighted by atomic mass is 10.2. The van der Waals surface area contributed by atoms with Crippen molar-refractivity contribution >= 4 is 23.1 Å². The molecule has 0 radical (unpaired) electrons. The van der Waals surface area contributed by atoms with E-state index in [9.17, 15) is 9.59 Å². The molecule has 2 heterocycles.